The van der Waals surface area contributed by atoms with Crippen molar-refractivity contribution in [1.29, 1.82) is 0 Å². The fourth-order valence-electron chi connectivity index (χ4n) is 3.98. The van der Waals surface area contributed by atoms with E-state index in [9.17, 15) is 0 Å². The van der Waals surface area contributed by atoms with Gasteiger partial charge in [-0.1, -0.05) is 91.0 Å². The molecule has 1 heteroatoms. The molecular formula is C28H23N. The van der Waals surface area contributed by atoms with Gasteiger partial charge in [0.05, 0.1) is 0 Å². The van der Waals surface area contributed by atoms with Crippen molar-refractivity contribution in [2.75, 3.05) is 5.32 Å². The predicted molar refractivity (Wildman–Crippen MR) is 124 cm³/mol. The fourth-order valence-corrected chi connectivity index (χ4v) is 3.98. The van der Waals surface area contributed by atoms with Crippen molar-refractivity contribution in [2.45, 2.75) is 12.3 Å². The van der Waals surface area contributed by atoms with E-state index in [4.69, 9.17) is 0 Å². The normalized spacial score (nSPS) is 15.0. The molecule has 0 fully saturated rings. The lowest BCUT2D eigenvalue weighted by atomic mass is 9.90. The summed E-state index contributed by atoms with van der Waals surface area (Å²) in [6.45, 7) is 0. The van der Waals surface area contributed by atoms with Gasteiger partial charge in [-0.3, -0.25) is 0 Å². The van der Waals surface area contributed by atoms with Crippen molar-refractivity contribution in [3.63, 3.8) is 0 Å². The van der Waals surface area contributed by atoms with Crippen LogP contribution in [-0.2, 0) is 0 Å². The van der Waals surface area contributed by atoms with E-state index in [-0.39, 0.29) is 0 Å². The molecule has 1 aliphatic rings. The monoisotopic (exact) mass is 373 g/mol. The van der Waals surface area contributed by atoms with E-state index >= 15 is 0 Å². The van der Waals surface area contributed by atoms with Crippen LogP contribution in [0.5, 0.6) is 0 Å². The molecule has 1 aliphatic carbocycles. The highest BCUT2D eigenvalue weighted by atomic mass is 14.9. The van der Waals surface area contributed by atoms with Crippen molar-refractivity contribution >= 4 is 23.5 Å². The third-order valence-corrected chi connectivity index (χ3v) is 5.59. The highest BCUT2D eigenvalue weighted by Gasteiger charge is 2.10. The Labute approximate surface area is 171 Å². The first-order valence-corrected chi connectivity index (χ1v) is 10.1. The van der Waals surface area contributed by atoms with E-state index in [1.807, 2.05) is 6.07 Å². The van der Waals surface area contributed by atoms with Gasteiger partial charge in [0.2, 0.25) is 0 Å². The molecule has 1 N–H and O–H groups in total. The van der Waals surface area contributed by atoms with Crippen LogP contribution in [-0.4, -0.2) is 0 Å². The first kappa shape index (κ1) is 17.5. The van der Waals surface area contributed by atoms with Crippen LogP contribution in [0.4, 0.5) is 11.4 Å². The molecule has 5 rings (SSSR count). The molecule has 0 bridgehead atoms. The fraction of sp³-hybridized carbons (Fsp3) is 0.0714. The van der Waals surface area contributed by atoms with Crippen LogP contribution in [0.15, 0.2) is 103 Å². The molecule has 0 heterocycles. The number of benzene rings is 4. The van der Waals surface area contributed by atoms with Crippen LogP contribution in [0.2, 0.25) is 0 Å². The molecule has 0 amide bonds. The van der Waals surface area contributed by atoms with Gasteiger partial charge in [0.15, 0.2) is 0 Å². The Morgan fingerprint density at radius 2 is 1.14 bits per heavy atom. The van der Waals surface area contributed by atoms with Crippen molar-refractivity contribution in [3.05, 3.63) is 119 Å². The van der Waals surface area contributed by atoms with Crippen LogP contribution < -0.4 is 15.8 Å². The van der Waals surface area contributed by atoms with Crippen LogP contribution in [0.25, 0.3) is 23.3 Å². The highest BCUT2D eigenvalue weighted by molar-refractivity contribution is 5.68. The predicted octanol–water partition coefficient (Wildman–Crippen LogP) is 5.85. The van der Waals surface area contributed by atoms with Gasteiger partial charge in [0.25, 0.3) is 0 Å². The molecule has 29 heavy (non-hydrogen) atoms. The number of rotatable bonds is 4. The van der Waals surface area contributed by atoms with Gasteiger partial charge in [-0.2, -0.15) is 0 Å². The maximum absolute atomic E-state index is 3.51. The SMILES string of the molecule is C1=c2ccccc2=CC(c2ccc(Nc3ccc(-c4ccccc4)cc3)cc2)C1. The second-order valence-corrected chi connectivity index (χ2v) is 7.53. The maximum Gasteiger partial charge on any atom is 0.0384 e. The largest absolute Gasteiger partial charge is 0.356 e. The summed E-state index contributed by atoms with van der Waals surface area (Å²) in [4.78, 5) is 0. The van der Waals surface area contributed by atoms with Crippen LogP contribution in [0.3, 0.4) is 0 Å². The maximum atomic E-state index is 3.51. The molecule has 140 valence electrons. The molecule has 1 atom stereocenters. The average Bonchev–Trinajstić information content (AvgIpc) is 2.80. The Morgan fingerprint density at radius 3 is 1.86 bits per heavy atom. The zero-order chi connectivity index (χ0) is 19.5. The Kier molecular flexibility index (Phi) is 4.72. The van der Waals surface area contributed by atoms with Gasteiger partial charge in [-0.15, -0.1) is 0 Å². The summed E-state index contributed by atoms with van der Waals surface area (Å²) >= 11 is 0. The number of fused-ring (bicyclic) bond motifs is 1. The summed E-state index contributed by atoms with van der Waals surface area (Å²) in [5.74, 6) is 0.448. The minimum absolute atomic E-state index is 0.448. The first-order valence-electron chi connectivity index (χ1n) is 10.1. The molecule has 0 aromatic heterocycles. The molecule has 4 aromatic carbocycles. The van der Waals surface area contributed by atoms with Gasteiger partial charge in [0.1, 0.15) is 0 Å². The third kappa shape index (κ3) is 3.86. The van der Waals surface area contributed by atoms with E-state index in [1.54, 1.807) is 0 Å². The van der Waals surface area contributed by atoms with Crippen LogP contribution >= 0.6 is 0 Å². The van der Waals surface area contributed by atoms with Gasteiger partial charge in [0, 0.05) is 17.3 Å². The van der Waals surface area contributed by atoms with Crippen molar-refractivity contribution < 1.29 is 0 Å². The van der Waals surface area contributed by atoms with Gasteiger partial charge < -0.3 is 5.32 Å². The first-order chi connectivity index (χ1) is 14.3. The van der Waals surface area contributed by atoms with E-state index in [0.29, 0.717) is 5.92 Å². The molecule has 4 aromatic rings. The Bertz CT molecular complexity index is 1220. The summed E-state index contributed by atoms with van der Waals surface area (Å²) in [6, 6.07) is 36.5. The topological polar surface area (TPSA) is 12.0 Å². The highest BCUT2D eigenvalue weighted by Crippen LogP contribution is 2.27. The van der Waals surface area contributed by atoms with Crippen molar-refractivity contribution in [1.82, 2.24) is 0 Å². The Hall–Kier alpha value is -3.58. The standard InChI is InChI=1S/C28H23N/c1-2-6-21(7-3-1)23-12-16-27(17-13-23)29-28-18-14-24(15-19-28)26-11-10-22-8-4-5-9-25(22)20-26/h1-10,12-20,26,29H,11H2. The zero-order valence-electron chi connectivity index (χ0n) is 16.3. The molecule has 0 spiro atoms. The molecule has 1 nitrogen and oxygen atoms in total. The number of nitrogens with one attached hydrogen (secondary N) is 1. The number of anilines is 2. The molecular weight excluding hydrogens is 350 g/mol. The van der Waals surface area contributed by atoms with E-state index < -0.39 is 0 Å². The summed E-state index contributed by atoms with van der Waals surface area (Å²) in [6.07, 6.45) is 5.80. The minimum atomic E-state index is 0.448. The molecule has 0 saturated carbocycles. The summed E-state index contributed by atoms with van der Waals surface area (Å²) in [5, 5.41) is 6.20. The zero-order valence-corrected chi connectivity index (χ0v) is 16.3. The molecule has 0 saturated heterocycles. The second kappa shape index (κ2) is 7.81. The molecule has 0 aliphatic heterocycles. The lowest BCUT2D eigenvalue weighted by Crippen LogP contribution is -2.27. The number of hydrogen-bond donors (Lipinski definition) is 1. The van der Waals surface area contributed by atoms with Crippen LogP contribution in [0, 0.1) is 0 Å². The quantitative estimate of drug-likeness (QED) is 0.473. The van der Waals surface area contributed by atoms with E-state index in [1.165, 1.54) is 27.1 Å². The second-order valence-electron chi connectivity index (χ2n) is 7.53. The molecule has 0 radical (unpaired) electrons. The summed E-state index contributed by atoms with van der Waals surface area (Å²) in [7, 11) is 0. The minimum Gasteiger partial charge on any atom is -0.356 e. The lowest BCUT2D eigenvalue weighted by molar-refractivity contribution is 0.921. The number of hydrogen-bond acceptors (Lipinski definition) is 1. The molecule has 1 unspecified atom stereocenters. The summed E-state index contributed by atoms with van der Waals surface area (Å²) in [5.41, 5.74) is 6.05. The van der Waals surface area contributed by atoms with E-state index in [0.717, 1.165) is 17.8 Å². The Morgan fingerprint density at radius 1 is 0.552 bits per heavy atom. The lowest BCUT2D eigenvalue weighted by Gasteiger charge is -2.15. The van der Waals surface area contributed by atoms with E-state index in [2.05, 4.69) is 115 Å². The smallest absolute Gasteiger partial charge is 0.0384 e. The van der Waals surface area contributed by atoms with Crippen molar-refractivity contribution in [3.8, 4) is 11.1 Å². The third-order valence-electron chi connectivity index (χ3n) is 5.59. The van der Waals surface area contributed by atoms with Gasteiger partial charge >= 0.3 is 0 Å². The van der Waals surface area contributed by atoms with Gasteiger partial charge in [-0.25, -0.2) is 0 Å². The van der Waals surface area contributed by atoms with Gasteiger partial charge in [-0.05, 0) is 57.8 Å². The Balaban J connectivity index is 1.30. The van der Waals surface area contributed by atoms with Crippen LogP contribution in [0.1, 0.15) is 17.9 Å². The average molecular weight is 373 g/mol. The van der Waals surface area contributed by atoms with Crippen molar-refractivity contribution in [2.24, 2.45) is 0 Å². The summed E-state index contributed by atoms with van der Waals surface area (Å²) < 4.78 is 0.